The molecule has 0 saturated carbocycles. The highest BCUT2D eigenvalue weighted by atomic mass is 35.5. The molecule has 80 valence electrons. The first-order chi connectivity index (χ1) is 7.12. The smallest absolute Gasteiger partial charge is 0.338 e. The summed E-state index contributed by atoms with van der Waals surface area (Å²) in [5.41, 5.74) is 0.162. The summed E-state index contributed by atoms with van der Waals surface area (Å²) in [6.07, 6.45) is 1.22. The number of carboxylic acid groups (broad SMARTS) is 1. The Morgan fingerprint density at radius 1 is 1.47 bits per heavy atom. The van der Waals surface area contributed by atoms with Crippen LogP contribution in [0.1, 0.15) is 12.0 Å². The first-order valence-electron chi connectivity index (χ1n) is 4.74. The second kappa shape index (κ2) is 3.83. The van der Waals surface area contributed by atoms with E-state index in [0.717, 1.165) is 5.56 Å². The van der Waals surface area contributed by atoms with Crippen molar-refractivity contribution >= 4 is 17.6 Å². The van der Waals surface area contributed by atoms with Crippen LogP contribution >= 0.6 is 11.6 Å². The molecule has 3 nitrogen and oxygen atoms in total. The van der Waals surface area contributed by atoms with E-state index in [1.165, 1.54) is 0 Å². The lowest BCUT2D eigenvalue weighted by Gasteiger charge is -2.06. The van der Waals surface area contributed by atoms with Gasteiger partial charge in [-0.2, -0.15) is 0 Å². The molecule has 0 aliphatic carbocycles. The van der Waals surface area contributed by atoms with E-state index >= 15 is 0 Å². The molecule has 0 aromatic heterocycles. The van der Waals surface area contributed by atoms with Gasteiger partial charge in [-0.3, -0.25) is 0 Å². The van der Waals surface area contributed by atoms with Gasteiger partial charge in [0.05, 0.1) is 6.61 Å². The Hall–Kier alpha value is -1.06. The lowest BCUT2D eigenvalue weighted by atomic mass is 10.0. The van der Waals surface area contributed by atoms with Crippen molar-refractivity contribution in [2.75, 3.05) is 6.61 Å². The Morgan fingerprint density at radius 2 is 2.07 bits per heavy atom. The van der Waals surface area contributed by atoms with Crippen molar-refractivity contribution < 1.29 is 14.6 Å². The van der Waals surface area contributed by atoms with Crippen LogP contribution in [0.2, 0.25) is 5.02 Å². The predicted octanol–water partition coefficient (Wildman–Crippen LogP) is 2.13. The predicted molar refractivity (Wildman–Crippen MR) is 56.1 cm³/mol. The van der Waals surface area contributed by atoms with E-state index in [9.17, 15) is 4.79 Å². The van der Waals surface area contributed by atoms with E-state index < -0.39 is 11.6 Å². The standard InChI is InChI=1S/C11H11ClO3/c12-9-3-1-8(2-4-9)5-6-11(7-15-11)10(13)14/h1-4H,5-7H2,(H,13,14). The van der Waals surface area contributed by atoms with Gasteiger partial charge in [0.1, 0.15) is 0 Å². The molecule has 1 aliphatic rings. The van der Waals surface area contributed by atoms with Crippen molar-refractivity contribution in [2.45, 2.75) is 18.4 Å². The molecule has 1 N–H and O–H groups in total. The summed E-state index contributed by atoms with van der Waals surface area (Å²) in [6.45, 7) is 0.329. The molecule has 1 fully saturated rings. The number of hydrogen-bond acceptors (Lipinski definition) is 2. The van der Waals surface area contributed by atoms with Crippen LogP contribution in [0.3, 0.4) is 0 Å². The number of rotatable bonds is 4. The van der Waals surface area contributed by atoms with Gasteiger partial charge in [0.15, 0.2) is 5.60 Å². The van der Waals surface area contributed by atoms with Crippen LogP contribution in [-0.4, -0.2) is 23.3 Å². The van der Waals surface area contributed by atoms with Crippen molar-refractivity contribution in [1.82, 2.24) is 0 Å². The molecule has 1 aromatic rings. The Morgan fingerprint density at radius 3 is 2.53 bits per heavy atom. The van der Waals surface area contributed by atoms with Crippen LogP contribution in [-0.2, 0) is 16.0 Å². The van der Waals surface area contributed by atoms with Gasteiger partial charge >= 0.3 is 5.97 Å². The average molecular weight is 227 g/mol. The largest absolute Gasteiger partial charge is 0.479 e. The summed E-state index contributed by atoms with van der Waals surface area (Å²) < 4.78 is 4.98. The minimum absolute atomic E-state index is 0.329. The van der Waals surface area contributed by atoms with Crippen LogP contribution in [0.15, 0.2) is 24.3 Å². The molecular weight excluding hydrogens is 216 g/mol. The summed E-state index contributed by atoms with van der Waals surface area (Å²) >= 11 is 5.75. The maximum absolute atomic E-state index is 10.8. The molecule has 0 radical (unpaired) electrons. The zero-order valence-electron chi connectivity index (χ0n) is 8.07. The van der Waals surface area contributed by atoms with Crippen LogP contribution in [0.25, 0.3) is 0 Å². The van der Waals surface area contributed by atoms with E-state index in [4.69, 9.17) is 21.4 Å². The Balaban J connectivity index is 1.94. The van der Waals surface area contributed by atoms with Gasteiger partial charge < -0.3 is 9.84 Å². The minimum atomic E-state index is -0.917. The van der Waals surface area contributed by atoms with Crippen LogP contribution in [0.5, 0.6) is 0 Å². The molecule has 1 saturated heterocycles. The first kappa shape index (κ1) is 10.5. The number of benzene rings is 1. The number of ether oxygens (including phenoxy) is 1. The molecule has 2 rings (SSSR count). The fourth-order valence-corrected chi connectivity index (χ4v) is 1.59. The number of aliphatic carboxylic acids is 1. The fourth-order valence-electron chi connectivity index (χ4n) is 1.46. The maximum atomic E-state index is 10.8. The first-order valence-corrected chi connectivity index (χ1v) is 5.12. The number of carbonyl (C=O) groups is 1. The van der Waals surface area contributed by atoms with Gasteiger partial charge in [0.25, 0.3) is 0 Å². The molecule has 1 aliphatic heterocycles. The highest BCUT2D eigenvalue weighted by Gasteiger charge is 2.51. The summed E-state index contributed by atoms with van der Waals surface area (Å²) in [7, 11) is 0. The normalized spacial score (nSPS) is 23.8. The van der Waals surface area contributed by atoms with E-state index in [2.05, 4.69) is 0 Å². The molecule has 0 bridgehead atoms. The van der Waals surface area contributed by atoms with E-state index in [1.807, 2.05) is 12.1 Å². The zero-order chi connectivity index (χ0) is 10.9. The molecule has 1 heterocycles. The summed E-state index contributed by atoms with van der Waals surface area (Å²) in [4.78, 5) is 10.8. The lowest BCUT2D eigenvalue weighted by molar-refractivity contribution is -0.143. The van der Waals surface area contributed by atoms with Crippen LogP contribution in [0, 0.1) is 0 Å². The van der Waals surface area contributed by atoms with Crippen LogP contribution < -0.4 is 0 Å². The van der Waals surface area contributed by atoms with Crippen molar-refractivity contribution in [1.29, 1.82) is 0 Å². The number of aryl methyl sites for hydroxylation is 1. The van der Waals surface area contributed by atoms with E-state index in [-0.39, 0.29) is 0 Å². The van der Waals surface area contributed by atoms with Gasteiger partial charge in [0, 0.05) is 5.02 Å². The minimum Gasteiger partial charge on any atom is -0.479 e. The van der Waals surface area contributed by atoms with Crippen molar-refractivity contribution in [3.8, 4) is 0 Å². The highest BCUT2D eigenvalue weighted by molar-refractivity contribution is 6.30. The fraction of sp³-hybridized carbons (Fsp3) is 0.364. The van der Waals surface area contributed by atoms with Gasteiger partial charge in [-0.1, -0.05) is 23.7 Å². The van der Waals surface area contributed by atoms with Gasteiger partial charge in [-0.05, 0) is 30.5 Å². The zero-order valence-corrected chi connectivity index (χ0v) is 8.83. The summed E-state index contributed by atoms with van der Waals surface area (Å²) in [6, 6.07) is 7.41. The second-order valence-electron chi connectivity index (χ2n) is 3.71. The topological polar surface area (TPSA) is 49.8 Å². The lowest BCUT2D eigenvalue weighted by Crippen LogP contribution is -2.24. The quantitative estimate of drug-likeness (QED) is 0.801. The number of epoxide rings is 1. The third kappa shape index (κ3) is 2.30. The van der Waals surface area contributed by atoms with Gasteiger partial charge in [-0.25, -0.2) is 4.79 Å². The summed E-state index contributed by atoms with van der Waals surface area (Å²) in [5, 5.41) is 9.57. The van der Waals surface area contributed by atoms with E-state index in [0.29, 0.717) is 24.5 Å². The molecule has 15 heavy (non-hydrogen) atoms. The third-order valence-corrected chi connectivity index (χ3v) is 2.87. The Bertz CT molecular complexity index is 368. The molecule has 1 atom stereocenters. The van der Waals surface area contributed by atoms with Crippen molar-refractivity contribution in [2.24, 2.45) is 0 Å². The Labute approximate surface area is 92.6 Å². The molecule has 1 unspecified atom stereocenters. The van der Waals surface area contributed by atoms with Gasteiger partial charge in [0.2, 0.25) is 0 Å². The van der Waals surface area contributed by atoms with Crippen molar-refractivity contribution in [3.63, 3.8) is 0 Å². The molecule has 0 spiro atoms. The molecule has 1 aromatic carbocycles. The molecule has 0 amide bonds. The van der Waals surface area contributed by atoms with Gasteiger partial charge in [-0.15, -0.1) is 0 Å². The maximum Gasteiger partial charge on any atom is 0.338 e. The SMILES string of the molecule is O=C(O)C1(CCc2ccc(Cl)cc2)CO1. The Kier molecular flexibility index (Phi) is 2.67. The van der Waals surface area contributed by atoms with E-state index in [1.54, 1.807) is 12.1 Å². The van der Waals surface area contributed by atoms with Crippen molar-refractivity contribution in [3.05, 3.63) is 34.9 Å². The number of carboxylic acids is 1. The average Bonchev–Trinajstić information content (AvgIpc) is 2.98. The monoisotopic (exact) mass is 226 g/mol. The highest BCUT2D eigenvalue weighted by Crippen LogP contribution is 2.32. The molecule has 4 heteroatoms. The number of hydrogen-bond donors (Lipinski definition) is 1. The third-order valence-electron chi connectivity index (χ3n) is 2.61. The second-order valence-corrected chi connectivity index (χ2v) is 4.15. The molecular formula is C11H11ClO3. The van der Waals surface area contributed by atoms with Crippen LogP contribution in [0.4, 0.5) is 0 Å². The number of halogens is 1. The summed E-state index contributed by atoms with van der Waals surface area (Å²) in [5.74, 6) is -0.864.